The van der Waals surface area contributed by atoms with Crippen molar-refractivity contribution in [1.82, 2.24) is 10.2 Å². The van der Waals surface area contributed by atoms with Gasteiger partial charge in [-0.2, -0.15) is 0 Å². The minimum atomic E-state index is 0.0611. The molecule has 0 aliphatic heterocycles. The molecule has 2 N–H and O–H groups in total. The summed E-state index contributed by atoms with van der Waals surface area (Å²) in [5.74, 6) is 0.172. The highest BCUT2D eigenvalue weighted by atomic mass is 16.3. The van der Waals surface area contributed by atoms with E-state index in [0.29, 0.717) is 13.0 Å². The third-order valence-corrected chi connectivity index (χ3v) is 2.82. The Bertz CT molecular complexity index is 186. The zero-order chi connectivity index (χ0) is 12.9. The van der Waals surface area contributed by atoms with Crippen LogP contribution in [0, 0.1) is 0 Å². The molecule has 0 aliphatic carbocycles. The molecule has 0 saturated heterocycles. The van der Waals surface area contributed by atoms with Gasteiger partial charge in [0.25, 0.3) is 0 Å². The Kier molecular flexibility index (Phi) is 11.4. The number of hydrogen-bond acceptors (Lipinski definition) is 3. The molecule has 0 rings (SSSR count). The van der Waals surface area contributed by atoms with Crippen LogP contribution in [-0.2, 0) is 4.79 Å². The lowest BCUT2D eigenvalue weighted by Gasteiger charge is -2.21. The summed E-state index contributed by atoms with van der Waals surface area (Å²) in [6.45, 7) is 4.37. The zero-order valence-electron chi connectivity index (χ0n) is 11.4. The van der Waals surface area contributed by atoms with Gasteiger partial charge in [-0.1, -0.05) is 26.2 Å². The molecule has 102 valence electrons. The lowest BCUT2D eigenvalue weighted by atomic mass is 10.2. The van der Waals surface area contributed by atoms with Gasteiger partial charge in [-0.3, -0.25) is 4.79 Å². The van der Waals surface area contributed by atoms with E-state index in [0.717, 1.165) is 25.9 Å². The highest BCUT2D eigenvalue weighted by molar-refractivity contribution is 5.76. The average Bonchev–Trinajstić information content (AvgIpc) is 2.33. The number of amides is 1. The number of rotatable bonds is 11. The van der Waals surface area contributed by atoms with Crippen molar-refractivity contribution in [2.45, 2.75) is 45.4 Å². The van der Waals surface area contributed by atoms with Gasteiger partial charge in [0.2, 0.25) is 5.91 Å². The van der Waals surface area contributed by atoms with Crippen molar-refractivity contribution in [3.8, 4) is 0 Å². The number of carbonyl (C=O) groups is 1. The summed E-state index contributed by atoms with van der Waals surface area (Å²) in [7, 11) is 1.89. The Labute approximate surface area is 105 Å². The Morgan fingerprint density at radius 3 is 2.53 bits per heavy atom. The Morgan fingerprint density at radius 1 is 1.18 bits per heavy atom. The van der Waals surface area contributed by atoms with E-state index < -0.39 is 0 Å². The van der Waals surface area contributed by atoms with Gasteiger partial charge in [0.15, 0.2) is 0 Å². The molecule has 17 heavy (non-hydrogen) atoms. The summed E-state index contributed by atoms with van der Waals surface area (Å²) in [5.41, 5.74) is 0. The fourth-order valence-corrected chi connectivity index (χ4v) is 1.79. The van der Waals surface area contributed by atoms with Gasteiger partial charge in [-0.05, 0) is 26.4 Å². The molecule has 0 spiro atoms. The van der Waals surface area contributed by atoms with Crippen LogP contribution < -0.4 is 5.32 Å². The van der Waals surface area contributed by atoms with Crippen LogP contribution in [0.25, 0.3) is 0 Å². The lowest BCUT2D eigenvalue weighted by Crippen LogP contribution is -2.34. The van der Waals surface area contributed by atoms with Gasteiger partial charge in [0.1, 0.15) is 0 Å². The normalized spacial score (nSPS) is 10.5. The third kappa shape index (κ3) is 9.12. The number of nitrogens with one attached hydrogen (secondary N) is 1. The third-order valence-electron chi connectivity index (χ3n) is 2.82. The van der Waals surface area contributed by atoms with E-state index in [1.54, 1.807) is 4.90 Å². The molecule has 0 heterocycles. The van der Waals surface area contributed by atoms with E-state index in [2.05, 4.69) is 12.2 Å². The van der Waals surface area contributed by atoms with Gasteiger partial charge in [0.05, 0.1) is 6.61 Å². The van der Waals surface area contributed by atoms with E-state index in [9.17, 15) is 4.79 Å². The zero-order valence-corrected chi connectivity index (χ0v) is 11.4. The molecule has 0 aliphatic rings. The largest absolute Gasteiger partial charge is 0.395 e. The molecule has 0 atom stereocenters. The number of aliphatic hydroxyl groups is 1. The molecule has 4 nitrogen and oxygen atoms in total. The van der Waals surface area contributed by atoms with E-state index in [4.69, 9.17) is 5.11 Å². The maximum Gasteiger partial charge on any atom is 0.222 e. The molecular weight excluding hydrogens is 216 g/mol. The minimum absolute atomic E-state index is 0.0611. The number of hydrogen-bond donors (Lipinski definition) is 2. The van der Waals surface area contributed by atoms with Crippen LogP contribution in [0.4, 0.5) is 0 Å². The van der Waals surface area contributed by atoms with Crippen molar-refractivity contribution in [2.24, 2.45) is 0 Å². The van der Waals surface area contributed by atoms with Crippen molar-refractivity contribution >= 4 is 5.91 Å². The first-order valence-corrected chi connectivity index (χ1v) is 6.79. The van der Waals surface area contributed by atoms with Gasteiger partial charge >= 0.3 is 0 Å². The maximum atomic E-state index is 11.9. The molecule has 0 unspecified atom stereocenters. The van der Waals surface area contributed by atoms with E-state index in [1.807, 2.05) is 7.05 Å². The SMILES string of the molecule is CCCCCCN(CCO)C(=O)CCCNC. The molecule has 0 fully saturated rings. The summed E-state index contributed by atoms with van der Waals surface area (Å²) in [5, 5.41) is 12.0. The first-order valence-electron chi connectivity index (χ1n) is 6.79. The van der Waals surface area contributed by atoms with Gasteiger partial charge in [-0.15, -0.1) is 0 Å². The molecular formula is C13H28N2O2. The molecule has 0 aromatic rings. The second kappa shape index (κ2) is 11.9. The first-order chi connectivity index (χ1) is 8.26. The monoisotopic (exact) mass is 244 g/mol. The van der Waals surface area contributed by atoms with Crippen LogP contribution in [0.2, 0.25) is 0 Å². The molecule has 0 saturated carbocycles. The van der Waals surface area contributed by atoms with Crippen LogP contribution in [0.15, 0.2) is 0 Å². The van der Waals surface area contributed by atoms with E-state index in [-0.39, 0.29) is 12.5 Å². The summed E-state index contributed by atoms with van der Waals surface area (Å²) in [4.78, 5) is 13.7. The van der Waals surface area contributed by atoms with Crippen LogP contribution >= 0.6 is 0 Å². The quantitative estimate of drug-likeness (QED) is 0.540. The van der Waals surface area contributed by atoms with Gasteiger partial charge < -0.3 is 15.3 Å². The Hall–Kier alpha value is -0.610. The summed E-state index contributed by atoms with van der Waals surface area (Å²) in [6, 6.07) is 0. The first kappa shape index (κ1) is 16.4. The predicted octanol–water partition coefficient (Wildman–Crippen LogP) is 1.39. The standard InChI is InChI=1S/C13H28N2O2/c1-3-4-5-6-10-15(11-12-16)13(17)8-7-9-14-2/h14,16H,3-12H2,1-2H3. The predicted molar refractivity (Wildman–Crippen MR) is 71.0 cm³/mol. The maximum absolute atomic E-state index is 11.9. The topological polar surface area (TPSA) is 52.6 Å². The summed E-state index contributed by atoms with van der Waals surface area (Å²) >= 11 is 0. The van der Waals surface area contributed by atoms with Crippen molar-refractivity contribution in [1.29, 1.82) is 0 Å². The fraction of sp³-hybridized carbons (Fsp3) is 0.923. The second-order valence-electron chi connectivity index (χ2n) is 4.37. The van der Waals surface area contributed by atoms with Crippen LogP contribution in [0.5, 0.6) is 0 Å². The Morgan fingerprint density at radius 2 is 1.94 bits per heavy atom. The van der Waals surface area contributed by atoms with Crippen molar-refractivity contribution in [2.75, 3.05) is 33.3 Å². The fourth-order valence-electron chi connectivity index (χ4n) is 1.79. The minimum Gasteiger partial charge on any atom is -0.395 e. The van der Waals surface area contributed by atoms with Crippen molar-refractivity contribution < 1.29 is 9.90 Å². The van der Waals surface area contributed by atoms with E-state index >= 15 is 0 Å². The molecule has 4 heteroatoms. The number of unbranched alkanes of at least 4 members (excludes halogenated alkanes) is 3. The molecule has 0 radical (unpaired) electrons. The highest BCUT2D eigenvalue weighted by Crippen LogP contribution is 2.04. The molecule has 1 amide bonds. The van der Waals surface area contributed by atoms with Crippen LogP contribution in [0.1, 0.15) is 45.4 Å². The second-order valence-corrected chi connectivity index (χ2v) is 4.37. The molecule has 0 bridgehead atoms. The average molecular weight is 244 g/mol. The smallest absolute Gasteiger partial charge is 0.222 e. The number of nitrogens with zero attached hydrogens (tertiary/aromatic N) is 1. The van der Waals surface area contributed by atoms with Gasteiger partial charge in [-0.25, -0.2) is 0 Å². The molecule has 0 aromatic carbocycles. The summed E-state index contributed by atoms with van der Waals surface area (Å²) in [6.07, 6.45) is 6.09. The van der Waals surface area contributed by atoms with E-state index in [1.165, 1.54) is 19.3 Å². The van der Waals surface area contributed by atoms with Crippen molar-refractivity contribution in [3.05, 3.63) is 0 Å². The number of carbonyl (C=O) groups excluding carboxylic acids is 1. The van der Waals surface area contributed by atoms with Crippen molar-refractivity contribution in [3.63, 3.8) is 0 Å². The van der Waals surface area contributed by atoms with Gasteiger partial charge in [0, 0.05) is 19.5 Å². The highest BCUT2D eigenvalue weighted by Gasteiger charge is 2.11. The lowest BCUT2D eigenvalue weighted by molar-refractivity contribution is -0.131. The molecule has 0 aromatic heterocycles. The summed E-state index contributed by atoms with van der Waals surface area (Å²) < 4.78 is 0. The van der Waals surface area contributed by atoms with Crippen LogP contribution in [-0.4, -0.2) is 49.2 Å². The Balaban J connectivity index is 3.81. The van der Waals surface area contributed by atoms with Crippen LogP contribution in [0.3, 0.4) is 0 Å². The number of aliphatic hydroxyl groups excluding tert-OH is 1.